The Kier molecular flexibility index (Phi) is 4.86. The maximum absolute atomic E-state index is 12.7. The van der Waals surface area contributed by atoms with Crippen LogP contribution in [0.25, 0.3) is 11.4 Å². The Labute approximate surface area is 165 Å². The zero-order valence-corrected chi connectivity index (χ0v) is 15.6. The van der Waals surface area contributed by atoms with Crippen molar-refractivity contribution in [2.75, 3.05) is 0 Å². The minimum atomic E-state index is -4.40. The number of carbonyl (C=O) groups is 1. The van der Waals surface area contributed by atoms with Gasteiger partial charge in [0.2, 0.25) is 17.6 Å². The van der Waals surface area contributed by atoms with Gasteiger partial charge in [0.25, 0.3) is 0 Å². The standard InChI is InChI=1S/C21H18F3N3O2/c1-13-3-2-4-14(11-13)12-27-17(9-10-18(27)28)20-25-19(26-29-20)15-5-7-16(8-6-15)21(22,23)24/h2-8,11,17H,9-10,12H2,1H3. The van der Waals surface area contributed by atoms with Crippen LogP contribution < -0.4 is 0 Å². The van der Waals surface area contributed by atoms with Crippen LogP contribution in [0.2, 0.25) is 0 Å². The molecule has 150 valence electrons. The second kappa shape index (κ2) is 7.35. The van der Waals surface area contributed by atoms with Crippen LogP contribution in [-0.4, -0.2) is 20.9 Å². The minimum absolute atomic E-state index is 0.00536. The molecule has 1 saturated heterocycles. The van der Waals surface area contributed by atoms with Gasteiger partial charge < -0.3 is 9.42 Å². The summed E-state index contributed by atoms with van der Waals surface area (Å²) in [6, 6.07) is 12.1. The number of aromatic nitrogens is 2. The van der Waals surface area contributed by atoms with Crippen LogP contribution in [0.5, 0.6) is 0 Å². The molecule has 2 heterocycles. The fraction of sp³-hybridized carbons (Fsp3) is 0.286. The molecule has 0 N–H and O–H groups in total. The third-order valence-corrected chi connectivity index (χ3v) is 4.96. The summed E-state index contributed by atoms with van der Waals surface area (Å²) in [5, 5.41) is 3.90. The number of hydrogen-bond acceptors (Lipinski definition) is 4. The van der Waals surface area contributed by atoms with E-state index in [0.717, 1.165) is 23.3 Å². The summed E-state index contributed by atoms with van der Waals surface area (Å²) in [6.45, 7) is 2.42. The van der Waals surface area contributed by atoms with E-state index in [1.54, 1.807) is 4.90 Å². The highest BCUT2D eigenvalue weighted by Crippen LogP contribution is 2.35. The van der Waals surface area contributed by atoms with Crippen LogP contribution >= 0.6 is 0 Å². The molecule has 0 bridgehead atoms. The van der Waals surface area contributed by atoms with E-state index in [1.807, 2.05) is 31.2 Å². The molecule has 2 aromatic carbocycles. The lowest BCUT2D eigenvalue weighted by atomic mass is 10.1. The Bertz CT molecular complexity index is 1030. The van der Waals surface area contributed by atoms with Gasteiger partial charge in [-0.1, -0.05) is 47.1 Å². The van der Waals surface area contributed by atoms with Crippen molar-refractivity contribution in [3.05, 3.63) is 71.1 Å². The lowest BCUT2D eigenvalue weighted by Crippen LogP contribution is -2.27. The Morgan fingerprint density at radius 3 is 2.62 bits per heavy atom. The van der Waals surface area contributed by atoms with Crippen LogP contribution in [-0.2, 0) is 17.5 Å². The van der Waals surface area contributed by atoms with Crippen LogP contribution in [0.4, 0.5) is 13.2 Å². The molecule has 1 aliphatic heterocycles. The van der Waals surface area contributed by atoms with Crippen molar-refractivity contribution in [1.29, 1.82) is 0 Å². The molecule has 5 nitrogen and oxygen atoms in total. The molecule has 1 aliphatic rings. The second-order valence-electron chi connectivity index (χ2n) is 7.10. The number of alkyl halides is 3. The van der Waals surface area contributed by atoms with E-state index in [4.69, 9.17) is 4.52 Å². The largest absolute Gasteiger partial charge is 0.416 e. The Morgan fingerprint density at radius 2 is 1.93 bits per heavy atom. The average molecular weight is 401 g/mol. The highest BCUT2D eigenvalue weighted by Gasteiger charge is 2.36. The highest BCUT2D eigenvalue weighted by atomic mass is 19.4. The van der Waals surface area contributed by atoms with E-state index in [9.17, 15) is 18.0 Å². The molecule has 3 aromatic rings. The maximum Gasteiger partial charge on any atom is 0.416 e. The SMILES string of the molecule is Cc1cccc(CN2C(=O)CCC2c2nc(-c3ccc(C(F)(F)F)cc3)no2)c1. The fourth-order valence-electron chi connectivity index (χ4n) is 3.49. The molecule has 1 atom stereocenters. The number of rotatable bonds is 4. The summed E-state index contributed by atoms with van der Waals surface area (Å²) < 4.78 is 43.5. The van der Waals surface area contributed by atoms with Crippen LogP contribution in [0, 0.1) is 6.92 Å². The first-order valence-electron chi connectivity index (χ1n) is 9.17. The second-order valence-corrected chi connectivity index (χ2v) is 7.10. The zero-order chi connectivity index (χ0) is 20.6. The van der Waals surface area contributed by atoms with Gasteiger partial charge in [0.15, 0.2) is 0 Å². The monoisotopic (exact) mass is 401 g/mol. The number of hydrogen-bond donors (Lipinski definition) is 0. The number of amides is 1. The minimum Gasteiger partial charge on any atom is -0.337 e. The van der Waals surface area contributed by atoms with E-state index in [-0.39, 0.29) is 17.8 Å². The van der Waals surface area contributed by atoms with Gasteiger partial charge in [-0.05, 0) is 31.0 Å². The van der Waals surface area contributed by atoms with E-state index in [2.05, 4.69) is 10.1 Å². The molecular formula is C21H18F3N3O2. The summed E-state index contributed by atoms with van der Waals surface area (Å²) in [7, 11) is 0. The highest BCUT2D eigenvalue weighted by molar-refractivity contribution is 5.78. The smallest absolute Gasteiger partial charge is 0.337 e. The van der Waals surface area contributed by atoms with Gasteiger partial charge in [0, 0.05) is 18.5 Å². The van der Waals surface area contributed by atoms with Crippen molar-refractivity contribution in [2.24, 2.45) is 0 Å². The normalized spacial score (nSPS) is 17.2. The lowest BCUT2D eigenvalue weighted by molar-refractivity contribution is -0.137. The predicted molar refractivity (Wildman–Crippen MR) is 98.4 cm³/mol. The molecule has 0 aliphatic carbocycles. The molecule has 4 rings (SSSR count). The summed E-state index contributed by atoms with van der Waals surface area (Å²) in [5.41, 5.74) is 1.79. The first-order valence-corrected chi connectivity index (χ1v) is 9.17. The molecular weight excluding hydrogens is 383 g/mol. The first kappa shape index (κ1) is 19.2. The van der Waals surface area contributed by atoms with Gasteiger partial charge in [0.05, 0.1) is 5.56 Å². The molecule has 0 saturated carbocycles. The van der Waals surface area contributed by atoms with Gasteiger partial charge in [-0.3, -0.25) is 4.79 Å². The summed E-state index contributed by atoms with van der Waals surface area (Å²) in [5.74, 6) is 0.493. The molecule has 1 aromatic heterocycles. The Balaban J connectivity index is 1.55. The number of carbonyl (C=O) groups excluding carboxylic acids is 1. The molecule has 1 amide bonds. The van der Waals surface area contributed by atoms with Crippen LogP contribution in [0.1, 0.15) is 41.5 Å². The molecule has 0 spiro atoms. The van der Waals surface area contributed by atoms with Gasteiger partial charge in [-0.15, -0.1) is 0 Å². The van der Waals surface area contributed by atoms with E-state index < -0.39 is 11.7 Å². The van der Waals surface area contributed by atoms with Gasteiger partial charge >= 0.3 is 6.18 Å². The number of halogens is 3. The Morgan fingerprint density at radius 1 is 1.17 bits per heavy atom. The molecule has 0 radical (unpaired) electrons. The van der Waals surface area contributed by atoms with Crippen molar-refractivity contribution in [3.63, 3.8) is 0 Å². The summed E-state index contributed by atoms with van der Waals surface area (Å²) in [6.07, 6.45) is -3.46. The van der Waals surface area contributed by atoms with Crippen molar-refractivity contribution >= 4 is 5.91 Å². The number of likely N-dealkylation sites (tertiary alicyclic amines) is 1. The Hall–Kier alpha value is -3.16. The van der Waals surface area contributed by atoms with Crippen molar-refractivity contribution in [3.8, 4) is 11.4 Å². The maximum atomic E-state index is 12.7. The summed E-state index contributed by atoms with van der Waals surface area (Å²) >= 11 is 0. The topological polar surface area (TPSA) is 59.2 Å². The quantitative estimate of drug-likeness (QED) is 0.622. The van der Waals surface area contributed by atoms with Crippen molar-refractivity contribution < 1.29 is 22.5 Å². The third-order valence-electron chi connectivity index (χ3n) is 4.96. The molecule has 29 heavy (non-hydrogen) atoms. The number of aryl methyl sites for hydroxylation is 1. The van der Waals surface area contributed by atoms with E-state index in [0.29, 0.717) is 30.8 Å². The summed E-state index contributed by atoms with van der Waals surface area (Å²) in [4.78, 5) is 18.4. The molecule has 1 fully saturated rings. The van der Waals surface area contributed by atoms with Gasteiger partial charge in [0.1, 0.15) is 6.04 Å². The average Bonchev–Trinajstić information content (AvgIpc) is 3.29. The van der Waals surface area contributed by atoms with E-state index in [1.165, 1.54) is 12.1 Å². The van der Waals surface area contributed by atoms with Crippen molar-refractivity contribution in [1.82, 2.24) is 15.0 Å². The van der Waals surface area contributed by atoms with Crippen LogP contribution in [0.3, 0.4) is 0 Å². The number of nitrogens with zero attached hydrogens (tertiary/aromatic N) is 3. The first-order chi connectivity index (χ1) is 13.8. The van der Waals surface area contributed by atoms with Crippen molar-refractivity contribution in [2.45, 2.75) is 38.5 Å². The molecule has 1 unspecified atom stereocenters. The number of benzene rings is 2. The lowest BCUT2D eigenvalue weighted by Gasteiger charge is -2.22. The van der Waals surface area contributed by atoms with Gasteiger partial charge in [-0.25, -0.2) is 0 Å². The fourth-order valence-corrected chi connectivity index (χ4v) is 3.49. The molecule has 8 heteroatoms. The zero-order valence-electron chi connectivity index (χ0n) is 15.6. The van der Waals surface area contributed by atoms with Gasteiger partial charge in [-0.2, -0.15) is 18.2 Å². The van der Waals surface area contributed by atoms with E-state index >= 15 is 0 Å². The third kappa shape index (κ3) is 4.01. The van der Waals surface area contributed by atoms with Crippen LogP contribution in [0.15, 0.2) is 53.1 Å². The predicted octanol–water partition coefficient (Wildman–Crippen LogP) is 4.93.